The van der Waals surface area contributed by atoms with Gasteiger partial charge in [-0.3, -0.25) is 9.67 Å². The van der Waals surface area contributed by atoms with Crippen LogP contribution in [0.2, 0.25) is 0 Å². The van der Waals surface area contributed by atoms with Gasteiger partial charge in [0.2, 0.25) is 0 Å². The van der Waals surface area contributed by atoms with Gasteiger partial charge in [0, 0.05) is 53.3 Å². The maximum absolute atomic E-state index is 10.9. The summed E-state index contributed by atoms with van der Waals surface area (Å²) in [5.41, 5.74) is 5.11. The Labute approximate surface area is 133 Å². The molecule has 0 bridgehead atoms. The summed E-state index contributed by atoms with van der Waals surface area (Å²) >= 11 is 0. The molecular weight excluding hydrogens is 292 g/mol. The number of nitrogens with zero attached hydrogens (tertiary/aromatic N) is 4. The molecule has 3 heterocycles. The Bertz CT molecular complexity index is 941. The first-order valence-electron chi connectivity index (χ1n) is 7.12. The van der Waals surface area contributed by atoms with Crippen molar-refractivity contribution in [3.05, 3.63) is 47.6 Å². The number of carbonyl (C=O) groups is 1. The molecule has 6 heteroatoms. The molecule has 3 rings (SSSR count). The van der Waals surface area contributed by atoms with Crippen molar-refractivity contribution in [1.82, 2.24) is 19.7 Å². The second-order valence-electron chi connectivity index (χ2n) is 5.41. The molecule has 0 spiro atoms. The number of aryl methyl sites for hydroxylation is 3. The Hall–Kier alpha value is -3.02. The molecule has 0 unspecified atom stereocenters. The minimum absolute atomic E-state index is 0.745. The van der Waals surface area contributed by atoms with E-state index in [0.717, 1.165) is 45.1 Å². The highest BCUT2D eigenvalue weighted by molar-refractivity contribution is 5.99. The van der Waals surface area contributed by atoms with Gasteiger partial charge in [-0.25, -0.2) is 9.78 Å². The van der Waals surface area contributed by atoms with Crippen LogP contribution in [0.5, 0.6) is 0 Å². The van der Waals surface area contributed by atoms with E-state index in [1.807, 2.05) is 27.0 Å². The molecule has 3 aromatic heterocycles. The average molecular weight is 308 g/mol. The zero-order valence-corrected chi connectivity index (χ0v) is 13.1. The molecule has 0 aliphatic heterocycles. The number of aromatic nitrogens is 4. The lowest BCUT2D eigenvalue weighted by Crippen LogP contribution is -1.98. The van der Waals surface area contributed by atoms with Crippen LogP contribution in [0.1, 0.15) is 16.8 Å². The SMILES string of the molecule is Cc1cncc(-c2c(/C=C/C(=O)O)c(C)nc3c2cnn3C)c1. The van der Waals surface area contributed by atoms with Crippen LogP contribution in [0.15, 0.2) is 30.7 Å². The van der Waals surface area contributed by atoms with Crippen molar-refractivity contribution in [2.24, 2.45) is 7.05 Å². The molecule has 0 aliphatic carbocycles. The van der Waals surface area contributed by atoms with Gasteiger partial charge < -0.3 is 5.11 Å². The normalized spacial score (nSPS) is 11.4. The van der Waals surface area contributed by atoms with E-state index in [9.17, 15) is 4.79 Å². The van der Waals surface area contributed by atoms with Gasteiger partial charge >= 0.3 is 5.97 Å². The summed E-state index contributed by atoms with van der Waals surface area (Å²) < 4.78 is 1.71. The Morgan fingerprint density at radius 3 is 2.74 bits per heavy atom. The van der Waals surface area contributed by atoms with Crippen LogP contribution in [0.25, 0.3) is 28.2 Å². The summed E-state index contributed by atoms with van der Waals surface area (Å²) in [5.74, 6) is -0.996. The average Bonchev–Trinajstić information content (AvgIpc) is 2.85. The van der Waals surface area contributed by atoms with Gasteiger partial charge in [-0.05, 0) is 31.6 Å². The predicted octanol–water partition coefficient (Wildman–Crippen LogP) is 2.74. The number of hydrogen-bond donors (Lipinski definition) is 1. The molecule has 0 amide bonds. The first-order chi connectivity index (χ1) is 11.0. The van der Waals surface area contributed by atoms with Crippen molar-refractivity contribution in [1.29, 1.82) is 0 Å². The van der Waals surface area contributed by atoms with Gasteiger partial charge in [0.1, 0.15) is 0 Å². The van der Waals surface area contributed by atoms with Crippen molar-refractivity contribution in [3.8, 4) is 11.1 Å². The highest BCUT2D eigenvalue weighted by atomic mass is 16.4. The van der Waals surface area contributed by atoms with Gasteiger partial charge in [0.15, 0.2) is 5.65 Å². The van der Waals surface area contributed by atoms with Crippen molar-refractivity contribution in [2.45, 2.75) is 13.8 Å². The van der Waals surface area contributed by atoms with Crippen LogP contribution in [-0.2, 0) is 11.8 Å². The Morgan fingerprint density at radius 2 is 2.04 bits per heavy atom. The lowest BCUT2D eigenvalue weighted by atomic mass is 9.96. The second kappa shape index (κ2) is 5.64. The molecule has 6 nitrogen and oxygen atoms in total. The molecule has 23 heavy (non-hydrogen) atoms. The molecule has 116 valence electrons. The standard InChI is InChI=1S/C17H16N4O2/c1-10-6-12(8-18-7-10)16-13(4-5-15(22)23)11(2)20-17-14(16)9-19-21(17)3/h4-9H,1-3H3,(H,22,23)/b5-4+. The van der Waals surface area contributed by atoms with Gasteiger partial charge in [0.25, 0.3) is 0 Å². The highest BCUT2D eigenvalue weighted by Crippen LogP contribution is 2.33. The topological polar surface area (TPSA) is 80.9 Å². The fourth-order valence-corrected chi connectivity index (χ4v) is 2.65. The van der Waals surface area contributed by atoms with Crippen molar-refractivity contribution >= 4 is 23.1 Å². The largest absolute Gasteiger partial charge is 0.478 e. The number of aliphatic carboxylic acids is 1. The predicted molar refractivity (Wildman–Crippen MR) is 87.9 cm³/mol. The van der Waals surface area contributed by atoms with E-state index in [1.54, 1.807) is 29.3 Å². The first kappa shape index (κ1) is 14.9. The molecule has 3 aromatic rings. The Kier molecular flexibility index (Phi) is 3.65. The zero-order valence-electron chi connectivity index (χ0n) is 13.1. The minimum Gasteiger partial charge on any atom is -0.478 e. The maximum Gasteiger partial charge on any atom is 0.328 e. The third-order valence-electron chi connectivity index (χ3n) is 3.67. The van der Waals surface area contributed by atoms with Crippen LogP contribution in [0.4, 0.5) is 0 Å². The van der Waals surface area contributed by atoms with E-state index in [2.05, 4.69) is 15.1 Å². The summed E-state index contributed by atoms with van der Waals surface area (Å²) in [7, 11) is 1.83. The van der Waals surface area contributed by atoms with Crippen LogP contribution in [0, 0.1) is 13.8 Å². The van der Waals surface area contributed by atoms with Crippen LogP contribution in [0.3, 0.4) is 0 Å². The molecule has 0 saturated carbocycles. The van der Waals surface area contributed by atoms with E-state index in [-0.39, 0.29) is 0 Å². The van der Waals surface area contributed by atoms with Gasteiger partial charge in [0.05, 0.1) is 6.20 Å². The summed E-state index contributed by atoms with van der Waals surface area (Å²) in [6.45, 7) is 3.83. The van der Waals surface area contributed by atoms with Gasteiger partial charge in [-0.15, -0.1) is 0 Å². The number of carboxylic acids is 1. The second-order valence-corrected chi connectivity index (χ2v) is 5.41. The fourth-order valence-electron chi connectivity index (χ4n) is 2.65. The third-order valence-corrected chi connectivity index (χ3v) is 3.67. The summed E-state index contributed by atoms with van der Waals surface area (Å²) in [6.07, 6.45) is 8.00. The van der Waals surface area contributed by atoms with Crippen LogP contribution in [-0.4, -0.2) is 30.8 Å². The lowest BCUT2D eigenvalue weighted by Gasteiger charge is -2.11. The van der Waals surface area contributed by atoms with E-state index >= 15 is 0 Å². The van der Waals surface area contributed by atoms with Crippen molar-refractivity contribution in [3.63, 3.8) is 0 Å². The van der Waals surface area contributed by atoms with E-state index in [4.69, 9.17) is 5.11 Å². The maximum atomic E-state index is 10.9. The summed E-state index contributed by atoms with van der Waals surface area (Å²) in [6, 6.07) is 2.02. The smallest absolute Gasteiger partial charge is 0.328 e. The Morgan fingerprint density at radius 1 is 1.26 bits per heavy atom. The number of carboxylic acid groups (broad SMARTS) is 1. The molecular formula is C17H16N4O2. The number of rotatable bonds is 3. The molecule has 0 atom stereocenters. The Balaban J connectivity index is 2.39. The van der Waals surface area contributed by atoms with Gasteiger partial charge in [-0.2, -0.15) is 5.10 Å². The number of fused-ring (bicyclic) bond motifs is 1. The highest BCUT2D eigenvalue weighted by Gasteiger charge is 2.16. The van der Waals surface area contributed by atoms with E-state index < -0.39 is 5.97 Å². The number of hydrogen-bond acceptors (Lipinski definition) is 4. The molecule has 0 aliphatic rings. The molecule has 0 radical (unpaired) electrons. The van der Waals surface area contributed by atoms with Crippen molar-refractivity contribution < 1.29 is 9.90 Å². The summed E-state index contributed by atoms with van der Waals surface area (Å²) in [5, 5.41) is 14.1. The molecule has 0 saturated heterocycles. The molecule has 0 aromatic carbocycles. The third kappa shape index (κ3) is 2.70. The fraction of sp³-hybridized carbons (Fsp3) is 0.176. The first-order valence-corrected chi connectivity index (χ1v) is 7.12. The van der Waals surface area contributed by atoms with E-state index in [0.29, 0.717) is 0 Å². The van der Waals surface area contributed by atoms with Crippen LogP contribution < -0.4 is 0 Å². The van der Waals surface area contributed by atoms with Crippen LogP contribution >= 0.6 is 0 Å². The van der Waals surface area contributed by atoms with Crippen molar-refractivity contribution in [2.75, 3.05) is 0 Å². The molecule has 0 fully saturated rings. The summed E-state index contributed by atoms with van der Waals surface area (Å²) in [4.78, 5) is 19.7. The van der Waals surface area contributed by atoms with Gasteiger partial charge in [-0.1, -0.05) is 0 Å². The lowest BCUT2D eigenvalue weighted by molar-refractivity contribution is -0.131. The molecule has 1 N–H and O–H groups in total. The number of pyridine rings is 2. The monoisotopic (exact) mass is 308 g/mol. The zero-order chi connectivity index (χ0) is 16.6. The van der Waals surface area contributed by atoms with E-state index in [1.165, 1.54) is 0 Å². The quantitative estimate of drug-likeness (QED) is 0.752. The minimum atomic E-state index is -0.996.